The van der Waals surface area contributed by atoms with Gasteiger partial charge in [-0.25, -0.2) is 4.98 Å². The lowest BCUT2D eigenvalue weighted by atomic mass is 10.1. The number of aromatic nitrogens is 2. The Morgan fingerprint density at radius 3 is 2.34 bits per heavy atom. The van der Waals surface area contributed by atoms with Crippen LogP contribution >= 0.6 is 0 Å². The van der Waals surface area contributed by atoms with E-state index in [2.05, 4.69) is 21.3 Å². The molecule has 0 radical (unpaired) electrons. The zero-order valence-electron chi connectivity index (χ0n) is 25.8. The van der Waals surface area contributed by atoms with Crippen LogP contribution in [0.25, 0.3) is 10.9 Å². The van der Waals surface area contributed by atoms with Gasteiger partial charge in [-0.2, -0.15) is 13.2 Å². The number of para-hydroxylation sites is 1. The normalized spacial score (nSPS) is 13.9. The van der Waals surface area contributed by atoms with Crippen molar-refractivity contribution in [3.8, 4) is 17.4 Å². The summed E-state index contributed by atoms with van der Waals surface area (Å²) in [5.41, 5.74) is 2.19. The zero-order chi connectivity index (χ0) is 33.1. The van der Waals surface area contributed by atoms with Crippen LogP contribution in [0.3, 0.4) is 0 Å². The topological polar surface area (TPSA) is 88.9 Å². The van der Waals surface area contributed by atoms with Gasteiger partial charge in [-0.15, -0.1) is 0 Å². The number of alkyl halides is 3. The van der Waals surface area contributed by atoms with Crippen molar-refractivity contribution in [3.63, 3.8) is 0 Å². The SMILES string of the molecule is COc1ccccc1CN1CCN(C(=O)c2cc3cc(Oc4ccc(NC(=O)c5ccc(C(F)(F)F)cc5)cn4)ccc3n2C)CC1. The first-order valence-corrected chi connectivity index (χ1v) is 14.9. The van der Waals surface area contributed by atoms with Crippen molar-refractivity contribution < 1.29 is 32.2 Å². The molecule has 5 aromatic rings. The van der Waals surface area contributed by atoms with Gasteiger partial charge in [0.25, 0.3) is 11.8 Å². The quantitative estimate of drug-likeness (QED) is 0.205. The molecule has 3 heterocycles. The summed E-state index contributed by atoms with van der Waals surface area (Å²) in [6, 6.07) is 22.4. The van der Waals surface area contributed by atoms with Gasteiger partial charge in [0.05, 0.1) is 24.6 Å². The molecule has 1 fully saturated rings. The Morgan fingerprint density at radius 1 is 0.915 bits per heavy atom. The van der Waals surface area contributed by atoms with Crippen molar-refractivity contribution in [2.24, 2.45) is 7.05 Å². The van der Waals surface area contributed by atoms with Crippen LogP contribution in [0.2, 0.25) is 0 Å². The molecule has 9 nitrogen and oxygen atoms in total. The Bertz CT molecular complexity index is 1900. The van der Waals surface area contributed by atoms with Crippen molar-refractivity contribution >= 4 is 28.4 Å². The van der Waals surface area contributed by atoms with Gasteiger partial charge in [0.15, 0.2) is 0 Å². The number of hydrogen-bond donors (Lipinski definition) is 1. The third-order valence-corrected chi connectivity index (χ3v) is 8.17. The maximum absolute atomic E-state index is 13.5. The molecule has 0 saturated carbocycles. The van der Waals surface area contributed by atoms with E-state index in [-0.39, 0.29) is 17.4 Å². The highest BCUT2D eigenvalue weighted by atomic mass is 19.4. The maximum Gasteiger partial charge on any atom is 0.416 e. The molecule has 1 aliphatic rings. The minimum atomic E-state index is -4.48. The summed E-state index contributed by atoms with van der Waals surface area (Å²) in [6.45, 7) is 3.52. The predicted octanol–water partition coefficient (Wildman–Crippen LogP) is 6.60. The molecule has 47 heavy (non-hydrogen) atoms. The van der Waals surface area contributed by atoms with E-state index in [1.165, 1.54) is 6.20 Å². The summed E-state index contributed by atoms with van der Waals surface area (Å²) in [4.78, 5) is 34.4. The molecule has 0 atom stereocenters. The first-order valence-electron chi connectivity index (χ1n) is 14.9. The van der Waals surface area contributed by atoms with Gasteiger partial charge in [-0.1, -0.05) is 18.2 Å². The Kier molecular flexibility index (Phi) is 8.86. The third-order valence-electron chi connectivity index (χ3n) is 8.17. The molecule has 1 N–H and O–H groups in total. The molecule has 12 heteroatoms. The molecule has 0 bridgehead atoms. The van der Waals surface area contributed by atoms with Gasteiger partial charge < -0.3 is 24.3 Å². The van der Waals surface area contributed by atoms with Gasteiger partial charge in [0.2, 0.25) is 5.88 Å². The first kappa shape index (κ1) is 31.6. The van der Waals surface area contributed by atoms with Crippen LogP contribution in [-0.4, -0.2) is 64.5 Å². The molecular weight excluding hydrogens is 611 g/mol. The van der Waals surface area contributed by atoms with Gasteiger partial charge in [0, 0.05) is 67.9 Å². The Balaban J connectivity index is 1.06. The van der Waals surface area contributed by atoms with Crippen LogP contribution in [-0.2, 0) is 19.8 Å². The number of fused-ring (bicyclic) bond motifs is 1. The van der Waals surface area contributed by atoms with Crippen molar-refractivity contribution in [1.29, 1.82) is 0 Å². The van der Waals surface area contributed by atoms with E-state index in [0.29, 0.717) is 30.2 Å². The number of anilines is 1. The molecule has 0 spiro atoms. The third kappa shape index (κ3) is 7.07. The number of halogens is 3. The average molecular weight is 644 g/mol. The van der Waals surface area contributed by atoms with E-state index in [9.17, 15) is 22.8 Å². The number of ether oxygens (including phenoxy) is 2. The Labute approximate surface area is 269 Å². The van der Waals surface area contributed by atoms with Gasteiger partial charge in [-0.05, 0) is 60.7 Å². The molecule has 3 aromatic carbocycles. The van der Waals surface area contributed by atoms with Crippen LogP contribution in [0.15, 0.2) is 91.1 Å². The number of nitrogens with one attached hydrogen (secondary N) is 1. The zero-order valence-corrected chi connectivity index (χ0v) is 25.8. The van der Waals surface area contributed by atoms with Gasteiger partial charge in [0.1, 0.15) is 17.2 Å². The Hall–Kier alpha value is -5.36. The van der Waals surface area contributed by atoms with Crippen molar-refractivity contribution in [2.75, 3.05) is 38.6 Å². The second-order valence-electron chi connectivity index (χ2n) is 11.2. The number of carbonyl (C=O) groups excluding carboxylic acids is 2. The van der Waals surface area contributed by atoms with E-state index >= 15 is 0 Å². The number of carbonyl (C=O) groups is 2. The van der Waals surface area contributed by atoms with Gasteiger partial charge in [-0.3, -0.25) is 14.5 Å². The molecular formula is C35H32F3N5O4. The standard InChI is InChI=1S/C35H32F3N5O4/c1-41-29-13-12-28(47-32-14-11-27(21-39-32)40-33(44)23-7-9-26(10-8-23)35(36,37)38)19-25(29)20-30(41)34(45)43-17-15-42(16-18-43)22-24-5-3-4-6-31(24)46-2/h3-14,19-21H,15-18,22H2,1-2H3,(H,40,44). The number of amides is 2. The number of hydrogen-bond acceptors (Lipinski definition) is 6. The lowest BCUT2D eigenvalue weighted by molar-refractivity contribution is -0.137. The van der Waals surface area contributed by atoms with E-state index in [4.69, 9.17) is 9.47 Å². The number of benzene rings is 3. The van der Waals surface area contributed by atoms with Crippen LogP contribution in [0, 0.1) is 0 Å². The van der Waals surface area contributed by atoms with Crippen molar-refractivity contribution in [3.05, 3.63) is 114 Å². The van der Waals surface area contributed by atoms with Crippen LogP contribution in [0.1, 0.15) is 32.0 Å². The van der Waals surface area contributed by atoms with E-state index < -0.39 is 17.6 Å². The fourth-order valence-corrected chi connectivity index (χ4v) is 5.59. The summed E-state index contributed by atoms with van der Waals surface area (Å²) in [7, 11) is 3.54. The summed E-state index contributed by atoms with van der Waals surface area (Å²) in [6.07, 6.45) is -3.08. The molecule has 1 aliphatic heterocycles. The van der Waals surface area contributed by atoms with Crippen molar-refractivity contribution in [2.45, 2.75) is 12.7 Å². The lowest BCUT2D eigenvalue weighted by Crippen LogP contribution is -2.48. The largest absolute Gasteiger partial charge is 0.496 e. The van der Waals surface area contributed by atoms with E-state index in [1.807, 2.05) is 52.9 Å². The minimum Gasteiger partial charge on any atom is -0.496 e. The van der Waals surface area contributed by atoms with Crippen LogP contribution in [0.4, 0.5) is 18.9 Å². The molecule has 0 aliphatic carbocycles. The summed E-state index contributed by atoms with van der Waals surface area (Å²) >= 11 is 0. The molecule has 2 aromatic heterocycles. The second kappa shape index (κ2) is 13.2. The van der Waals surface area contributed by atoms with Crippen LogP contribution in [0.5, 0.6) is 17.4 Å². The first-order chi connectivity index (χ1) is 22.6. The number of piperazine rings is 1. The molecule has 0 unspecified atom stereocenters. The Morgan fingerprint density at radius 2 is 1.66 bits per heavy atom. The number of nitrogens with zero attached hydrogens (tertiary/aromatic N) is 4. The minimum absolute atomic E-state index is 0.0290. The molecule has 242 valence electrons. The van der Waals surface area contributed by atoms with Gasteiger partial charge >= 0.3 is 6.18 Å². The maximum atomic E-state index is 13.5. The number of pyridine rings is 1. The number of rotatable bonds is 8. The highest BCUT2D eigenvalue weighted by molar-refractivity contribution is 6.04. The molecule has 1 saturated heterocycles. The van der Waals surface area contributed by atoms with Crippen molar-refractivity contribution in [1.82, 2.24) is 19.4 Å². The van der Waals surface area contributed by atoms with E-state index in [1.54, 1.807) is 25.3 Å². The predicted molar refractivity (Wildman–Crippen MR) is 171 cm³/mol. The fourth-order valence-electron chi connectivity index (χ4n) is 5.59. The molecule has 6 rings (SSSR count). The number of aryl methyl sites for hydroxylation is 1. The fraction of sp³-hybridized carbons (Fsp3) is 0.229. The highest BCUT2D eigenvalue weighted by Gasteiger charge is 2.30. The molecule has 2 amide bonds. The second-order valence-corrected chi connectivity index (χ2v) is 11.2. The monoisotopic (exact) mass is 643 g/mol. The lowest BCUT2D eigenvalue weighted by Gasteiger charge is -2.35. The average Bonchev–Trinajstić information content (AvgIpc) is 3.40. The number of methoxy groups -OCH3 is 1. The highest BCUT2D eigenvalue weighted by Crippen LogP contribution is 2.30. The van der Waals surface area contributed by atoms with E-state index in [0.717, 1.165) is 66.1 Å². The summed E-state index contributed by atoms with van der Waals surface area (Å²) in [5, 5.41) is 3.45. The smallest absolute Gasteiger partial charge is 0.416 e. The van der Waals surface area contributed by atoms with Crippen LogP contribution < -0.4 is 14.8 Å². The summed E-state index contributed by atoms with van der Waals surface area (Å²) in [5.74, 6) is 1.06. The summed E-state index contributed by atoms with van der Waals surface area (Å²) < 4.78 is 51.7.